The maximum Gasteiger partial charge on any atom is 0.420 e. The lowest BCUT2D eigenvalue weighted by Crippen LogP contribution is -2.49. The van der Waals surface area contributed by atoms with Gasteiger partial charge in [0.1, 0.15) is 6.54 Å². The number of nitrogens with zero attached hydrogens (tertiary/aromatic N) is 2. The van der Waals surface area contributed by atoms with E-state index >= 15 is 0 Å². The van der Waals surface area contributed by atoms with Gasteiger partial charge in [0.15, 0.2) is 5.58 Å². The molecule has 0 radical (unpaired) electrons. The first-order valence-corrected chi connectivity index (χ1v) is 9.83. The summed E-state index contributed by atoms with van der Waals surface area (Å²) in [5.41, 5.74) is 2.49. The molecule has 2 aromatic carbocycles. The minimum atomic E-state index is -0.496. The van der Waals surface area contributed by atoms with E-state index < -0.39 is 5.76 Å². The molecule has 0 bridgehead atoms. The second-order valence-corrected chi connectivity index (χ2v) is 7.36. The van der Waals surface area contributed by atoms with Gasteiger partial charge in [-0.15, -0.1) is 0 Å². The molecule has 1 fully saturated rings. The highest BCUT2D eigenvalue weighted by atomic mass is 16.4. The third-order valence-corrected chi connectivity index (χ3v) is 5.31. The number of piperidine rings is 1. The van der Waals surface area contributed by atoms with Gasteiger partial charge in [0, 0.05) is 19.1 Å². The average molecular weight is 379 g/mol. The van der Waals surface area contributed by atoms with Crippen LogP contribution in [0, 0.1) is 0 Å². The summed E-state index contributed by atoms with van der Waals surface area (Å²) in [5, 5.41) is 3.10. The highest BCUT2D eigenvalue weighted by molar-refractivity contribution is 5.79. The molecule has 2 heterocycles. The zero-order valence-electron chi connectivity index (χ0n) is 15.8. The summed E-state index contributed by atoms with van der Waals surface area (Å²) < 4.78 is 6.59. The van der Waals surface area contributed by atoms with Crippen LogP contribution in [0.15, 0.2) is 63.8 Å². The van der Waals surface area contributed by atoms with Gasteiger partial charge in [0.2, 0.25) is 5.91 Å². The Balaban J connectivity index is 1.32. The molecule has 1 aliphatic heterocycles. The fourth-order valence-corrected chi connectivity index (χ4v) is 3.89. The average Bonchev–Trinajstić information content (AvgIpc) is 3.03. The van der Waals surface area contributed by atoms with Crippen molar-refractivity contribution in [1.29, 1.82) is 0 Å². The van der Waals surface area contributed by atoms with Gasteiger partial charge >= 0.3 is 5.76 Å². The van der Waals surface area contributed by atoms with Gasteiger partial charge in [-0.25, -0.2) is 4.79 Å². The maximum atomic E-state index is 12.5. The summed E-state index contributed by atoms with van der Waals surface area (Å²) >= 11 is 0. The van der Waals surface area contributed by atoms with Crippen molar-refractivity contribution in [3.63, 3.8) is 0 Å². The van der Waals surface area contributed by atoms with E-state index in [0.717, 1.165) is 38.9 Å². The number of carbonyl (C=O) groups is 1. The number of hydrogen-bond acceptors (Lipinski definition) is 4. The second kappa shape index (κ2) is 8.44. The number of benzene rings is 2. The molecule has 1 N–H and O–H groups in total. The van der Waals surface area contributed by atoms with Gasteiger partial charge < -0.3 is 14.6 Å². The Morgan fingerprint density at radius 2 is 1.89 bits per heavy atom. The minimum Gasteiger partial charge on any atom is -0.408 e. The van der Waals surface area contributed by atoms with Gasteiger partial charge in [-0.2, -0.15) is 0 Å². The van der Waals surface area contributed by atoms with E-state index in [1.165, 1.54) is 10.1 Å². The SMILES string of the molecule is O=C(Cn1c(=O)oc2ccccc21)N[C@@H]1CCCN(CCc2ccccc2)C1. The minimum absolute atomic E-state index is 0.0175. The van der Waals surface area contributed by atoms with E-state index in [0.29, 0.717) is 11.1 Å². The monoisotopic (exact) mass is 379 g/mol. The van der Waals surface area contributed by atoms with E-state index in [2.05, 4.69) is 34.5 Å². The van der Waals surface area contributed by atoms with Crippen molar-refractivity contribution in [3.05, 3.63) is 70.7 Å². The van der Waals surface area contributed by atoms with Crippen molar-refractivity contribution in [2.24, 2.45) is 0 Å². The Bertz CT molecular complexity index is 993. The first-order valence-electron chi connectivity index (χ1n) is 9.83. The summed E-state index contributed by atoms with van der Waals surface area (Å²) in [6.07, 6.45) is 3.04. The lowest BCUT2D eigenvalue weighted by molar-refractivity contribution is -0.122. The van der Waals surface area contributed by atoms with Crippen molar-refractivity contribution in [2.45, 2.75) is 31.8 Å². The van der Waals surface area contributed by atoms with Gasteiger partial charge in [0.25, 0.3) is 0 Å². The third-order valence-electron chi connectivity index (χ3n) is 5.31. The Hall–Kier alpha value is -2.86. The van der Waals surface area contributed by atoms with Crippen LogP contribution in [0.2, 0.25) is 0 Å². The van der Waals surface area contributed by atoms with E-state index in [9.17, 15) is 9.59 Å². The third kappa shape index (κ3) is 4.34. The van der Waals surface area contributed by atoms with Crippen LogP contribution in [0.25, 0.3) is 11.1 Å². The summed E-state index contributed by atoms with van der Waals surface area (Å²) in [6, 6.07) is 17.7. The molecule has 1 aromatic heterocycles. The second-order valence-electron chi connectivity index (χ2n) is 7.36. The van der Waals surface area contributed by atoms with Crippen LogP contribution in [0.3, 0.4) is 0 Å². The van der Waals surface area contributed by atoms with Crippen molar-refractivity contribution in [3.8, 4) is 0 Å². The molecular formula is C22H25N3O3. The quantitative estimate of drug-likeness (QED) is 0.714. The van der Waals surface area contributed by atoms with Crippen molar-refractivity contribution in [1.82, 2.24) is 14.8 Å². The number of amides is 1. The molecule has 1 saturated heterocycles. The molecule has 0 aliphatic carbocycles. The number of hydrogen-bond donors (Lipinski definition) is 1. The van der Waals surface area contributed by atoms with E-state index in [-0.39, 0.29) is 18.5 Å². The number of para-hydroxylation sites is 2. The Morgan fingerprint density at radius 3 is 2.75 bits per heavy atom. The molecule has 1 amide bonds. The molecule has 6 nitrogen and oxygen atoms in total. The first kappa shape index (κ1) is 18.5. The summed E-state index contributed by atoms with van der Waals surface area (Å²) in [7, 11) is 0. The van der Waals surface area contributed by atoms with Crippen LogP contribution in [-0.2, 0) is 17.8 Å². The molecule has 6 heteroatoms. The van der Waals surface area contributed by atoms with Crippen molar-refractivity contribution >= 4 is 17.0 Å². The smallest absolute Gasteiger partial charge is 0.408 e. The van der Waals surface area contributed by atoms with Gasteiger partial charge in [-0.05, 0) is 43.5 Å². The summed E-state index contributed by atoms with van der Waals surface area (Å²) in [4.78, 5) is 27.0. The standard InChI is InChI=1S/C22H25N3O3/c26-21(16-25-19-10-4-5-11-20(19)28-22(25)27)23-18-9-6-13-24(15-18)14-12-17-7-2-1-3-8-17/h1-5,7-8,10-11,18H,6,9,12-16H2,(H,23,26)/t18-/m1/s1. The highest BCUT2D eigenvalue weighted by Gasteiger charge is 2.22. The highest BCUT2D eigenvalue weighted by Crippen LogP contribution is 2.13. The van der Waals surface area contributed by atoms with Gasteiger partial charge in [0.05, 0.1) is 5.52 Å². The normalized spacial score (nSPS) is 17.6. The molecule has 0 spiro atoms. The lowest BCUT2D eigenvalue weighted by atomic mass is 10.0. The summed E-state index contributed by atoms with van der Waals surface area (Å²) in [6.45, 7) is 2.88. The first-order chi connectivity index (χ1) is 13.7. The molecule has 1 atom stereocenters. The zero-order chi connectivity index (χ0) is 19.3. The van der Waals surface area contributed by atoms with Crippen molar-refractivity contribution in [2.75, 3.05) is 19.6 Å². The predicted octanol–water partition coefficient (Wildman–Crippen LogP) is 2.42. The van der Waals surface area contributed by atoms with Gasteiger partial charge in [-0.3, -0.25) is 9.36 Å². The number of oxazole rings is 1. The number of carbonyl (C=O) groups excluding carboxylic acids is 1. The Morgan fingerprint density at radius 1 is 1.11 bits per heavy atom. The van der Waals surface area contributed by atoms with Crippen LogP contribution >= 0.6 is 0 Å². The van der Waals surface area contributed by atoms with Gasteiger partial charge in [-0.1, -0.05) is 42.5 Å². The van der Waals surface area contributed by atoms with Crippen molar-refractivity contribution < 1.29 is 9.21 Å². The predicted molar refractivity (Wildman–Crippen MR) is 108 cm³/mol. The number of aromatic nitrogens is 1. The van der Waals surface area contributed by atoms with Crippen LogP contribution in [0.4, 0.5) is 0 Å². The van der Waals surface area contributed by atoms with Crippen LogP contribution in [-0.4, -0.2) is 41.1 Å². The Labute approximate surface area is 163 Å². The molecule has 0 saturated carbocycles. The number of likely N-dealkylation sites (tertiary alicyclic amines) is 1. The molecule has 0 unspecified atom stereocenters. The lowest BCUT2D eigenvalue weighted by Gasteiger charge is -2.33. The topological polar surface area (TPSA) is 67.5 Å². The van der Waals surface area contributed by atoms with E-state index in [1.54, 1.807) is 12.1 Å². The molecule has 146 valence electrons. The summed E-state index contributed by atoms with van der Waals surface area (Å²) in [5.74, 6) is -0.645. The molecule has 3 aromatic rings. The number of nitrogens with one attached hydrogen (secondary N) is 1. The zero-order valence-corrected chi connectivity index (χ0v) is 15.8. The Kier molecular flexibility index (Phi) is 5.58. The van der Waals surface area contributed by atoms with E-state index in [1.807, 2.05) is 18.2 Å². The van der Waals surface area contributed by atoms with Crippen LogP contribution in [0.1, 0.15) is 18.4 Å². The molecule has 4 rings (SSSR count). The van der Waals surface area contributed by atoms with E-state index in [4.69, 9.17) is 4.42 Å². The molecular weight excluding hydrogens is 354 g/mol. The largest absolute Gasteiger partial charge is 0.420 e. The van der Waals surface area contributed by atoms with Crippen LogP contribution in [0.5, 0.6) is 0 Å². The molecule has 1 aliphatic rings. The number of fused-ring (bicyclic) bond motifs is 1. The fraction of sp³-hybridized carbons (Fsp3) is 0.364. The maximum absolute atomic E-state index is 12.5. The fourth-order valence-electron chi connectivity index (χ4n) is 3.89. The number of rotatable bonds is 6. The van der Waals surface area contributed by atoms with Crippen LogP contribution < -0.4 is 11.1 Å². The molecule has 28 heavy (non-hydrogen) atoms.